The van der Waals surface area contributed by atoms with E-state index >= 15 is 0 Å². The predicted octanol–water partition coefficient (Wildman–Crippen LogP) is 4.23. The Morgan fingerprint density at radius 2 is 1.16 bits per heavy atom. The monoisotopic (exact) mass is 424 g/mol. The third-order valence-electron chi connectivity index (χ3n) is 5.00. The van der Waals surface area contributed by atoms with Crippen molar-refractivity contribution in [3.8, 4) is 22.5 Å². The molecule has 0 fully saturated rings. The molecule has 0 spiro atoms. The van der Waals surface area contributed by atoms with Crippen LogP contribution in [0.25, 0.3) is 33.8 Å². The van der Waals surface area contributed by atoms with E-state index in [1.165, 1.54) is 13.8 Å². The highest BCUT2D eigenvalue weighted by Gasteiger charge is 2.10. The van der Waals surface area contributed by atoms with Crippen LogP contribution in [0.1, 0.15) is 13.8 Å². The Labute approximate surface area is 183 Å². The molecular weight excluding hydrogens is 404 g/mol. The highest BCUT2D eigenvalue weighted by molar-refractivity contribution is 5.89. The van der Waals surface area contributed by atoms with Crippen molar-refractivity contribution in [3.05, 3.63) is 73.3 Å². The van der Waals surface area contributed by atoms with Gasteiger partial charge in [-0.25, -0.2) is 9.97 Å². The zero-order chi connectivity index (χ0) is 22.2. The molecule has 2 amide bonds. The lowest BCUT2D eigenvalue weighted by Crippen LogP contribution is -2.06. The molecule has 0 aliphatic rings. The van der Waals surface area contributed by atoms with E-state index in [4.69, 9.17) is 9.97 Å². The molecular formula is C24H20N6O2. The van der Waals surface area contributed by atoms with Gasteiger partial charge in [0.15, 0.2) is 0 Å². The summed E-state index contributed by atoms with van der Waals surface area (Å²) in [6.45, 7) is 2.96. The lowest BCUT2D eigenvalue weighted by molar-refractivity contribution is -0.115. The fourth-order valence-corrected chi connectivity index (χ4v) is 3.65. The van der Waals surface area contributed by atoms with Gasteiger partial charge >= 0.3 is 0 Å². The Balaban J connectivity index is 1.49. The number of anilines is 2. The Bertz CT molecular complexity index is 1390. The molecule has 0 saturated heterocycles. The average molecular weight is 424 g/mol. The molecule has 0 saturated carbocycles. The SMILES string of the molecule is CC(=O)Nc1ccc2nc(-c3cccc(-c4cn5cc(NC(C)=O)ccc5n4)c3)cn2c1. The van der Waals surface area contributed by atoms with E-state index in [-0.39, 0.29) is 11.8 Å². The normalized spacial score (nSPS) is 11.1. The summed E-state index contributed by atoms with van der Waals surface area (Å²) < 4.78 is 3.78. The number of benzene rings is 1. The van der Waals surface area contributed by atoms with Gasteiger partial charge < -0.3 is 19.4 Å². The van der Waals surface area contributed by atoms with Crippen LogP contribution in [0.4, 0.5) is 11.4 Å². The average Bonchev–Trinajstić information content (AvgIpc) is 3.36. The number of carbonyl (C=O) groups excluding carboxylic acids is 2. The number of nitrogens with zero attached hydrogens (tertiary/aromatic N) is 4. The number of hydrogen-bond donors (Lipinski definition) is 2. The van der Waals surface area contributed by atoms with Gasteiger partial charge in [0.25, 0.3) is 0 Å². The maximum absolute atomic E-state index is 11.3. The number of aromatic nitrogens is 4. The van der Waals surface area contributed by atoms with Crippen molar-refractivity contribution in [3.63, 3.8) is 0 Å². The van der Waals surface area contributed by atoms with E-state index in [0.29, 0.717) is 11.4 Å². The van der Waals surface area contributed by atoms with Crippen LogP contribution in [0.2, 0.25) is 0 Å². The van der Waals surface area contributed by atoms with E-state index in [1.807, 2.05) is 82.1 Å². The Morgan fingerprint density at radius 1 is 0.688 bits per heavy atom. The molecule has 158 valence electrons. The van der Waals surface area contributed by atoms with Gasteiger partial charge in [-0.15, -0.1) is 0 Å². The third-order valence-corrected chi connectivity index (χ3v) is 5.00. The van der Waals surface area contributed by atoms with Crippen LogP contribution >= 0.6 is 0 Å². The minimum atomic E-state index is -0.117. The van der Waals surface area contributed by atoms with E-state index < -0.39 is 0 Å². The van der Waals surface area contributed by atoms with Crippen molar-refractivity contribution < 1.29 is 9.59 Å². The number of amides is 2. The van der Waals surface area contributed by atoms with Crippen molar-refractivity contribution in [1.82, 2.24) is 18.8 Å². The van der Waals surface area contributed by atoms with Gasteiger partial charge in [0.1, 0.15) is 11.3 Å². The first kappa shape index (κ1) is 19.5. The highest BCUT2D eigenvalue weighted by atomic mass is 16.2. The molecule has 5 rings (SSSR count). The van der Waals surface area contributed by atoms with E-state index in [2.05, 4.69) is 10.6 Å². The molecule has 5 aromatic rings. The second kappa shape index (κ2) is 7.66. The first-order chi connectivity index (χ1) is 15.4. The molecule has 2 N–H and O–H groups in total. The highest BCUT2D eigenvalue weighted by Crippen LogP contribution is 2.27. The standard InChI is InChI=1S/C24H20N6O2/c1-15(31)25-19-6-8-23-27-21(13-29(23)11-19)17-4-3-5-18(10-17)22-14-30-12-20(26-16(2)32)7-9-24(30)28-22/h3-14H,1-2H3,(H,25,31)(H,26,32). The van der Waals surface area contributed by atoms with E-state index in [0.717, 1.165) is 33.8 Å². The van der Waals surface area contributed by atoms with Crippen LogP contribution in [0.15, 0.2) is 73.3 Å². The molecule has 4 aromatic heterocycles. The number of hydrogen-bond acceptors (Lipinski definition) is 4. The topological polar surface area (TPSA) is 92.8 Å². The van der Waals surface area contributed by atoms with Gasteiger partial charge in [0, 0.05) is 49.8 Å². The second-order valence-corrected chi connectivity index (χ2v) is 7.56. The van der Waals surface area contributed by atoms with Crippen molar-refractivity contribution in [2.45, 2.75) is 13.8 Å². The van der Waals surface area contributed by atoms with Crippen molar-refractivity contribution >= 4 is 34.5 Å². The summed E-state index contributed by atoms with van der Waals surface area (Å²) in [4.78, 5) is 32.0. The van der Waals surface area contributed by atoms with Crippen molar-refractivity contribution in [1.29, 1.82) is 0 Å². The second-order valence-electron chi connectivity index (χ2n) is 7.56. The molecule has 0 unspecified atom stereocenters. The summed E-state index contributed by atoms with van der Waals surface area (Å²) in [5.41, 5.74) is 6.58. The summed E-state index contributed by atoms with van der Waals surface area (Å²) in [5.74, 6) is -0.233. The lowest BCUT2D eigenvalue weighted by Gasteiger charge is -2.01. The minimum Gasteiger partial charge on any atom is -0.325 e. The van der Waals surface area contributed by atoms with Crippen molar-refractivity contribution in [2.24, 2.45) is 0 Å². The molecule has 0 atom stereocenters. The van der Waals surface area contributed by atoms with Gasteiger partial charge in [-0.2, -0.15) is 0 Å². The maximum Gasteiger partial charge on any atom is 0.221 e. The fourth-order valence-electron chi connectivity index (χ4n) is 3.65. The molecule has 4 heterocycles. The number of rotatable bonds is 4. The predicted molar refractivity (Wildman–Crippen MR) is 123 cm³/mol. The van der Waals surface area contributed by atoms with Gasteiger partial charge in [0.2, 0.25) is 11.8 Å². The van der Waals surface area contributed by atoms with Crippen LogP contribution in [-0.4, -0.2) is 30.6 Å². The molecule has 0 aliphatic heterocycles. The number of fused-ring (bicyclic) bond motifs is 2. The van der Waals surface area contributed by atoms with Gasteiger partial charge in [0.05, 0.1) is 22.8 Å². The van der Waals surface area contributed by atoms with Crippen LogP contribution in [0, 0.1) is 0 Å². The lowest BCUT2D eigenvalue weighted by atomic mass is 10.1. The number of nitrogens with one attached hydrogen (secondary N) is 2. The molecule has 8 nitrogen and oxygen atoms in total. The molecule has 1 aromatic carbocycles. The summed E-state index contributed by atoms with van der Waals surface area (Å²) in [7, 11) is 0. The molecule has 0 bridgehead atoms. The van der Waals surface area contributed by atoms with Gasteiger partial charge in [-0.1, -0.05) is 18.2 Å². The summed E-state index contributed by atoms with van der Waals surface area (Å²) in [6, 6.07) is 15.4. The van der Waals surface area contributed by atoms with Crippen LogP contribution < -0.4 is 10.6 Å². The summed E-state index contributed by atoms with van der Waals surface area (Å²) in [5, 5.41) is 5.56. The summed E-state index contributed by atoms with van der Waals surface area (Å²) >= 11 is 0. The quantitative estimate of drug-likeness (QED) is 0.451. The molecule has 8 heteroatoms. The van der Waals surface area contributed by atoms with Gasteiger partial charge in [-0.3, -0.25) is 9.59 Å². The third kappa shape index (κ3) is 3.81. The van der Waals surface area contributed by atoms with Crippen LogP contribution in [0.3, 0.4) is 0 Å². The van der Waals surface area contributed by atoms with Crippen molar-refractivity contribution in [2.75, 3.05) is 10.6 Å². The molecule has 0 radical (unpaired) electrons. The largest absolute Gasteiger partial charge is 0.325 e. The smallest absolute Gasteiger partial charge is 0.221 e. The fraction of sp³-hybridized carbons (Fsp3) is 0.0833. The molecule has 0 aliphatic carbocycles. The van der Waals surface area contributed by atoms with Gasteiger partial charge in [-0.05, 0) is 30.3 Å². The Kier molecular flexibility index (Phi) is 4.67. The van der Waals surface area contributed by atoms with E-state index in [1.54, 1.807) is 0 Å². The maximum atomic E-state index is 11.3. The zero-order valence-corrected chi connectivity index (χ0v) is 17.5. The molecule has 32 heavy (non-hydrogen) atoms. The zero-order valence-electron chi connectivity index (χ0n) is 17.5. The number of carbonyl (C=O) groups is 2. The first-order valence-electron chi connectivity index (χ1n) is 10.1. The number of pyridine rings is 2. The van der Waals surface area contributed by atoms with Crippen LogP contribution in [-0.2, 0) is 9.59 Å². The Morgan fingerprint density at radius 3 is 1.59 bits per heavy atom. The minimum absolute atomic E-state index is 0.117. The first-order valence-corrected chi connectivity index (χ1v) is 10.1. The Hall–Kier alpha value is -4.46. The van der Waals surface area contributed by atoms with E-state index in [9.17, 15) is 9.59 Å². The summed E-state index contributed by atoms with van der Waals surface area (Å²) in [6.07, 6.45) is 7.55. The number of imidazole rings is 2. The van der Waals surface area contributed by atoms with Crippen LogP contribution in [0.5, 0.6) is 0 Å².